The van der Waals surface area contributed by atoms with Crippen molar-refractivity contribution in [2.75, 3.05) is 18.1 Å². The Morgan fingerprint density at radius 1 is 1.14 bits per heavy atom. The van der Waals surface area contributed by atoms with E-state index in [1.54, 1.807) is 24.3 Å². The molecule has 28 heavy (non-hydrogen) atoms. The van der Waals surface area contributed by atoms with Crippen molar-refractivity contribution < 1.29 is 19.4 Å². The van der Waals surface area contributed by atoms with Gasteiger partial charge in [-0.25, -0.2) is 0 Å². The highest BCUT2D eigenvalue weighted by Gasteiger charge is 2.51. The number of aliphatic hydroxyl groups is 1. The maximum absolute atomic E-state index is 13.0. The summed E-state index contributed by atoms with van der Waals surface area (Å²) in [6.07, 6.45) is 0.154. The number of Topliss-reactive ketones (excluding diaryl/α,β-unsaturated/α-hetero) is 1. The molecule has 0 radical (unpaired) electrons. The topological polar surface area (TPSA) is 66.8 Å². The summed E-state index contributed by atoms with van der Waals surface area (Å²) >= 11 is 18.3. The van der Waals surface area contributed by atoms with Crippen LogP contribution in [0.2, 0.25) is 15.1 Å². The SMILES string of the molecule is CC(=O)CC1(O)C(=O)N(CCCOc2ccc(Cl)cc2)c2c1ccc(Cl)c2Cl. The smallest absolute Gasteiger partial charge is 0.264 e. The van der Waals surface area contributed by atoms with E-state index < -0.39 is 11.5 Å². The van der Waals surface area contributed by atoms with Gasteiger partial charge in [0.2, 0.25) is 0 Å². The zero-order valence-electron chi connectivity index (χ0n) is 15.0. The fourth-order valence-electron chi connectivity index (χ4n) is 3.27. The molecule has 0 saturated carbocycles. The second-order valence-electron chi connectivity index (χ2n) is 6.61. The number of anilines is 1. The van der Waals surface area contributed by atoms with Gasteiger partial charge in [-0.05, 0) is 43.7 Å². The summed E-state index contributed by atoms with van der Waals surface area (Å²) in [6.45, 7) is 1.91. The Balaban J connectivity index is 1.77. The minimum absolute atomic E-state index is 0.172. The van der Waals surface area contributed by atoms with E-state index in [1.165, 1.54) is 24.0 Å². The molecule has 1 aliphatic heterocycles. The van der Waals surface area contributed by atoms with Crippen LogP contribution in [0.1, 0.15) is 25.3 Å². The molecule has 0 saturated heterocycles. The maximum Gasteiger partial charge on any atom is 0.264 e. The molecule has 8 heteroatoms. The van der Waals surface area contributed by atoms with E-state index >= 15 is 0 Å². The van der Waals surface area contributed by atoms with Crippen LogP contribution in [-0.4, -0.2) is 29.9 Å². The third-order valence-electron chi connectivity index (χ3n) is 4.50. The highest BCUT2D eigenvalue weighted by atomic mass is 35.5. The van der Waals surface area contributed by atoms with Crippen LogP contribution in [-0.2, 0) is 15.2 Å². The highest BCUT2D eigenvalue weighted by molar-refractivity contribution is 6.44. The number of carbonyl (C=O) groups excluding carboxylic acids is 2. The lowest BCUT2D eigenvalue weighted by Gasteiger charge is -2.22. The van der Waals surface area contributed by atoms with Crippen LogP contribution in [0, 0.1) is 0 Å². The Morgan fingerprint density at radius 2 is 1.82 bits per heavy atom. The van der Waals surface area contributed by atoms with Gasteiger partial charge in [-0.1, -0.05) is 40.9 Å². The molecule has 1 unspecified atom stereocenters. The molecular formula is C20H18Cl3NO4. The van der Waals surface area contributed by atoms with E-state index in [-0.39, 0.29) is 28.8 Å². The first-order valence-electron chi connectivity index (χ1n) is 8.64. The van der Waals surface area contributed by atoms with Crippen LogP contribution in [0.4, 0.5) is 5.69 Å². The van der Waals surface area contributed by atoms with Gasteiger partial charge in [0.05, 0.1) is 22.3 Å². The monoisotopic (exact) mass is 441 g/mol. The largest absolute Gasteiger partial charge is 0.494 e. The van der Waals surface area contributed by atoms with Gasteiger partial charge in [-0.2, -0.15) is 0 Å². The van der Waals surface area contributed by atoms with Crippen molar-refractivity contribution in [1.29, 1.82) is 0 Å². The quantitative estimate of drug-likeness (QED) is 0.635. The second-order valence-corrected chi connectivity index (χ2v) is 7.83. The Bertz CT molecular complexity index is 916. The minimum atomic E-state index is -1.94. The maximum atomic E-state index is 13.0. The van der Waals surface area contributed by atoms with Crippen LogP contribution in [0.3, 0.4) is 0 Å². The van der Waals surface area contributed by atoms with Crippen molar-refractivity contribution in [3.63, 3.8) is 0 Å². The van der Waals surface area contributed by atoms with E-state index in [0.29, 0.717) is 35.1 Å². The zero-order chi connectivity index (χ0) is 20.5. The van der Waals surface area contributed by atoms with Gasteiger partial charge in [0.1, 0.15) is 11.5 Å². The molecule has 3 rings (SSSR count). The lowest BCUT2D eigenvalue weighted by Crippen LogP contribution is -2.42. The Kier molecular flexibility index (Phi) is 6.20. The van der Waals surface area contributed by atoms with Crippen molar-refractivity contribution >= 4 is 52.2 Å². The predicted molar refractivity (Wildman–Crippen MR) is 110 cm³/mol. The van der Waals surface area contributed by atoms with Gasteiger partial charge in [0, 0.05) is 23.6 Å². The number of fused-ring (bicyclic) bond motifs is 1. The summed E-state index contributed by atoms with van der Waals surface area (Å²) in [4.78, 5) is 26.0. The minimum Gasteiger partial charge on any atom is -0.494 e. The predicted octanol–water partition coefficient (Wildman–Crippen LogP) is 4.63. The molecule has 1 N–H and O–H groups in total. The first-order chi connectivity index (χ1) is 13.2. The van der Waals surface area contributed by atoms with E-state index in [0.717, 1.165) is 0 Å². The third-order valence-corrected chi connectivity index (χ3v) is 5.54. The molecule has 5 nitrogen and oxygen atoms in total. The first kappa shape index (κ1) is 20.9. The van der Waals surface area contributed by atoms with Crippen LogP contribution in [0.25, 0.3) is 0 Å². The number of benzene rings is 2. The van der Waals surface area contributed by atoms with Gasteiger partial charge in [-0.3, -0.25) is 9.59 Å². The van der Waals surface area contributed by atoms with Crippen molar-refractivity contribution in [3.05, 3.63) is 57.0 Å². The van der Waals surface area contributed by atoms with E-state index in [4.69, 9.17) is 39.5 Å². The molecule has 0 spiro atoms. The van der Waals surface area contributed by atoms with Crippen molar-refractivity contribution in [1.82, 2.24) is 0 Å². The molecule has 1 aliphatic rings. The zero-order valence-corrected chi connectivity index (χ0v) is 17.3. The molecule has 0 aromatic heterocycles. The number of amides is 1. The summed E-state index contributed by atoms with van der Waals surface area (Å²) in [6, 6.07) is 9.99. The summed E-state index contributed by atoms with van der Waals surface area (Å²) in [5.74, 6) is -0.235. The van der Waals surface area contributed by atoms with Gasteiger partial charge in [0.25, 0.3) is 5.91 Å². The molecule has 1 amide bonds. The lowest BCUT2D eigenvalue weighted by molar-refractivity contribution is -0.141. The molecule has 1 heterocycles. The van der Waals surface area contributed by atoms with E-state index in [2.05, 4.69) is 0 Å². The number of hydrogen-bond acceptors (Lipinski definition) is 4. The summed E-state index contributed by atoms with van der Waals surface area (Å²) < 4.78 is 5.64. The first-order valence-corrected chi connectivity index (χ1v) is 9.78. The third kappa shape index (κ3) is 3.98. The highest BCUT2D eigenvalue weighted by Crippen LogP contribution is 2.48. The standard InChI is InChI=1S/C20H18Cl3NO4/c1-12(25)11-20(27)15-7-8-16(22)17(23)18(15)24(19(20)26)9-2-10-28-14-5-3-13(21)4-6-14/h3-8,27H,2,9-11H2,1H3. The van der Waals surface area contributed by atoms with E-state index in [9.17, 15) is 14.7 Å². The fourth-order valence-corrected chi connectivity index (χ4v) is 3.81. The average Bonchev–Trinajstić information content (AvgIpc) is 2.84. The van der Waals surface area contributed by atoms with Crippen LogP contribution < -0.4 is 9.64 Å². The fraction of sp³-hybridized carbons (Fsp3) is 0.300. The molecule has 0 bridgehead atoms. The molecule has 0 aliphatic carbocycles. The molecule has 2 aromatic carbocycles. The van der Waals surface area contributed by atoms with Gasteiger partial charge in [-0.15, -0.1) is 0 Å². The Morgan fingerprint density at radius 3 is 2.46 bits per heavy atom. The van der Waals surface area contributed by atoms with Crippen molar-refractivity contribution in [2.24, 2.45) is 0 Å². The number of ether oxygens (including phenoxy) is 1. The number of halogens is 3. The number of carbonyl (C=O) groups is 2. The second kappa shape index (κ2) is 8.29. The number of ketones is 1. The van der Waals surface area contributed by atoms with Gasteiger partial charge in [0.15, 0.2) is 5.60 Å². The number of hydrogen-bond donors (Lipinski definition) is 1. The number of nitrogens with zero attached hydrogens (tertiary/aromatic N) is 1. The summed E-state index contributed by atoms with van der Waals surface area (Å²) in [5, 5.41) is 12.0. The van der Waals surface area contributed by atoms with Crippen LogP contribution in [0.15, 0.2) is 36.4 Å². The van der Waals surface area contributed by atoms with Crippen molar-refractivity contribution in [3.8, 4) is 5.75 Å². The summed E-state index contributed by atoms with van der Waals surface area (Å²) in [7, 11) is 0. The van der Waals surface area contributed by atoms with Crippen molar-refractivity contribution in [2.45, 2.75) is 25.4 Å². The summed E-state index contributed by atoms with van der Waals surface area (Å²) in [5.41, 5.74) is -1.30. The molecule has 0 fully saturated rings. The average molecular weight is 443 g/mol. The van der Waals surface area contributed by atoms with E-state index in [1.807, 2.05) is 0 Å². The molecule has 2 aromatic rings. The molecule has 1 atom stereocenters. The number of rotatable bonds is 7. The van der Waals surface area contributed by atoms with Gasteiger partial charge < -0.3 is 14.7 Å². The normalized spacial score (nSPS) is 18.3. The Labute approximate surface area is 177 Å². The van der Waals surface area contributed by atoms with Crippen LogP contribution in [0.5, 0.6) is 5.75 Å². The Hall–Kier alpha value is -1.79. The molecule has 148 valence electrons. The van der Waals surface area contributed by atoms with Gasteiger partial charge >= 0.3 is 0 Å². The van der Waals surface area contributed by atoms with Crippen LogP contribution >= 0.6 is 34.8 Å². The molecular weight excluding hydrogens is 425 g/mol. The lowest BCUT2D eigenvalue weighted by atomic mass is 9.90.